The minimum atomic E-state index is -1.26. The summed E-state index contributed by atoms with van der Waals surface area (Å²) in [6.07, 6.45) is 2.39. The quantitative estimate of drug-likeness (QED) is 0.875. The summed E-state index contributed by atoms with van der Waals surface area (Å²) in [5.74, 6) is -1.52. The maximum atomic E-state index is 11.9. The number of nitrogens with one attached hydrogen (secondary N) is 1. The molecule has 0 bridgehead atoms. The van der Waals surface area contributed by atoms with E-state index in [1.807, 2.05) is 6.92 Å². The molecule has 1 unspecified atom stereocenters. The number of carboxylic acids is 1. The molecule has 5 nitrogen and oxygen atoms in total. The minimum Gasteiger partial charge on any atom is -0.480 e. The zero-order valence-electron chi connectivity index (χ0n) is 9.62. The fraction of sp³-hybridized carbons (Fsp3) is 0.455. The highest BCUT2D eigenvalue weighted by atomic mass is 79.9. The topological polar surface area (TPSA) is 79.5 Å². The molecule has 0 spiro atoms. The van der Waals surface area contributed by atoms with Crippen molar-refractivity contribution in [2.75, 3.05) is 0 Å². The van der Waals surface area contributed by atoms with Crippen LogP contribution in [-0.4, -0.2) is 22.5 Å². The molecule has 6 heteroatoms. The lowest BCUT2D eigenvalue weighted by Crippen LogP contribution is -2.52. The summed E-state index contributed by atoms with van der Waals surface area (Å²) in [5.41, 5.74) is -0.976. The summed E-state index contributed by atoms with van der Waals surface area (Å²) in [5, 5.41) is 11.6. The Labute approximate surface area is 107 Å². The number of aliphatic carboxylic acids is 1. The smallest absolute Gasteiger partial charge is 0.329 e. The second kappa shape index (κ2) is 5.35. The van der Waals surface area contributed by atoms with Gasteiger partial charge in [0.15, 0.2) is 4.67 Å². The van der Waals surface area contributed by atoms with Crippen molar-refractivity contribution in [2.45, 2.75) is 32.2 Å². The second-order valence-electron chi connectivity index (χ2n) is 3.95. The Morgan fingerprint density at radius 1 is 1.59 bits per heavy atom. The number of hydrogen-bond acceptors (Lipinski definition) is 3. The predicted molar refractivity (Wildman–Crippen MR) is 64.8 cm³/mol. The van der Waals surface area contributed by atoms with Crippen LogP contribution >= 0.6 is 15.9 Å². The van der Waals surface area contributed by atoms with Crippen LogP contribution in [0.15, 0.2) is 21.4 Å². The molecule has 1 aromatic heterocycles. The maximum Gasteiger partial charge on any atom is 0.329 e. The number of rotatable bonds is 5. The lowest BCUT2D eigenvalue weighted by atomic mass is 9.96. The first kappa shape index (κ1) is 13.8. The first-order valence-electron chi connectivity index (χ1n) is 5.19. The predicted octanol–water partition coefficient (Wildman–Crippen LogP) is 2.42. The van der Waals surface area contributed by atoms with Crippen LogP contribution in [-0.2, 0) is 4.79 Å². The van der Waals surface area contributed by atoms with E-state index in [1.54, 1.807) is 0 Å². The van der Waals surface area contributed by atoms with E-state index in [4.69, 9.17) is 9.52 Å². The SMILES string of the molecule is CCCC(C)(NC(=O)c1ccoc1Br)C(=O)O. The van der Waals surface area contributed by atoms with E-state index < -0.39 is 17.4 Å². The summed E-state index contributed by atoms with van der Waals surface area (Å²) in [6, 6.07) is 1.48. The number of furan rings is 1. The van der Waals surface area contributed by atoms with Gasteiger partial charge in [-0.05, 0) is 35.3 Å². The number of carboxylic acid groups (broad SMARTS) is 1. The molecular weight excluding hydrogens is 290 g/mol. The first-order chi connectivity index (χ1) is 7.90. The summed E-state index contributed by atoms with van der Waals surface area (Å²) in [7, 11) is 0. The van der Waals surface area contributed by atoms with Crippen molar-refractivity contribution in [3.8, 4) is 0 Å². The van der Waals surface area contributed by atoms with E-state index in [0.29, 0.717) is 17.5 Å². The molecule has 1 atom stereocenters. The molecule has 2 N–H and O–H groups in total. The Morgan fingerprint density at radius 3 is 2.65 bits per heavy atom. The molecule has 0 saturated heterocycles. The largest absolute Gasteiger partial charge is 0.480 e. The molecule has 0 aliphatic carbocycles. The van der Waals surface area contributed by atoms with Gasteiger partial charge in [0.1, 0.15) is 5.54 Å². The van der Waals surface area contributed by atoms with Crippen LogP contribution < -0.4 is 5.32 Å². The van der Waals surface area contributed by atoms with E-state index in [-0.39, 0.29) is 5.56 Å². The zero-order valence-corrected chi connectivity index (χ0v) is 11.2. The van der Waals surface area contributed by atoms with Gasteiger partial charge in [-0.3, -0.25) is 4.79 Å². The van der Waals surface area contributed by atoms with Crippen LogP contribution in [0.25, 0.3) is 0 Å². The number of carbonyl (C=O) groups is 2. The molecule has 1 aromatic rings. The highest BCUT2D eigenvalue weighted by molar-refractivity contribution is 9.10. The van der Waals surface area contributed by atoms with E-state index in [0.717, 1.165) is 0 Å². The third-order valence-corrected chi connectivity index (χ3v) is 3.09. The standard InChI is InChI=1S/C11H14BrNO4/c1-3-5-11(2,10(15)16)13-9(14)7-4-6-17-8(7)12/h4,6H,3,5H2,1-2H3,(H,13,14)(H,15,16). The van der Waals surface area contributed by atoms with Crippen molar-refractivity contribution in [2.24, 2.45) is 0 Å². The van der Waals surface area contributed by atoms with Crippen molar-refractivity contribution in [1.82, 2.24) is 5.32 Å². The van der Waals surface area contributed by atoms with Gasteiger partial charge >= 0.3 is 5.97 Å². The molecule has 94 valence electrons. The number of amides is 1. The third kappa shape index (κ3) is 3.09. The lowest BCUT2D eigenvalue weighted by Gasteiger charge is -2.25. The average molecular weight is 304 g/mol. The van der Waals surface area contributed by atoms with Gasteiger partial charge in [0.2, 0.25) is 0 Å². The van der Waals surface area contributed by atoms with Gasteiger partial charge in [-0.25, -0.2) is 4.79 Å². The van der Waals surface area contributed by atoms with Crippen LogP contribution in [0, 0.1) is 0 Å². The second-order valence-corrected chi connectivity index (χ2v) is 4.67. The summed E-state index contributed by atoms with van der Waals surface area (Å²) < 4.78 is 5.22. The van der Waals surface area contributed by atoms with Crippen molar-refractivity contribution >= 4 is 27.8 Å². The third-order valence-electron chi connectivity index (χ3n) is 2.47. The van der Waals surface area contributed by atoms with Gasteiger partial charge < -0.3 is 14.8 Å². The summed E-state index contributed by atoms with van der Waals surface area (Å²) in [4.78, 5) is 23.0. The summed E-state index contributed by atoms with van der Waals surface area (Å²) >= 11 is 3.08. The molecule has 0 aromatic carbocycles. The van der Waals surface area contributed by atoms with Gasteiger partial charge in [-0.15, -0.1) is 0 Å². The molecule has 1 heterocycles. The maximum absolute atomic E-state index is 11.9. The van der Waals surface area contributed by atoms with E-state index >= 15 is 0 Å². The Balaban J connectivity index is 2.85. The molecule has 0 fully saturated rings. The summed E-state index contributed by atoms with van der Waals surface area (Å²) in [6.45, 7) is 3.35. The van der Waals surface area contributed by atoms with Gasteiger partial charge in [-0.1, -0.05) is 13.3 Å². The molecule has 0 radical (unpaired) electrons. The Kier molecular flexibility index (Phi) is 4.34. The van der Waals surface area contributed by atoms with E-state index in [2.05, 4.69) is 21.2 Å². The van der Waals surface area contributed by atoms with Crippen LogP contribution in [0.3, 0.4) is 0 Å². The fourth-order valence-corrected chi connectivity index (χ4v) is 1.92. The molecule has 0 aliphatic heterocycles. The van der Waals surface area contributed by atoms with Crippen LogP contribution in [0.1, 0.15) is 37.0 Å². The average Bonchev–Trinajstić information content (AvgIpc) is 2.64. The zero-order chi connectivity index (χ0) is 13.1. The van der Waals surface area contributed by atoms with Gasteiger partial charge in [0.25, 0.3) is 5.91 Å². The lowest BCUT2D eigenvalue weighted by molar-refractivity contribution is -0.144. The molecular formula is C11H14BrNO4. The van der Waals surface area contributed by atoms with Gasteiger partial charge in [-0.2, -0.15) is 0 Å². The fourth-order valence-electron chi connectivity index (χ4n) is 1.50. The number of hydrogen-bond donors (Lipinski definition) is 2. The Hall–Kier alpha value is -1.30. The highest BCUT2D eigenvalue weighted by Gasteiger charge is 2.34. The van der Waals surface area contributed by atoms with Crippen molar-refractivity contribution in [1.29, 1.82) is 0 Å². The van der Waals surface area contributed by atoms with Gasteiger partial charge in [0.05, 0.1) is 11.8 Å². The van der Waals surface area contributed by atoms with Crippen LogP contribution in [0.4, 0.5) is 0 Å². The molecule has 17 heavy (non-hydrogen) atoms. The monoisotopic (exact) mass is 303 g/mol. The number of carbonyl (C=O) groups excluding carboxylic acids is 1. The highest BCUT2D eigenvalue weighted by Crippen LogP contribution is 2.20. The molecule has 0 aliphatic rings. The molecule has 0 saturated carbocycles. The van der Waals surface area contributed by atoms with Gasteiger partial charge in [0, 0.05) is 0 Å². The van der Waals surface area contributed by atoms with Crippen molar-refractivity contribution in [3.05, 3.63) is 22.6 Å². The minimum absolute atomic E-state index is 0.286. The van der Waals surface area contributed by atoms with Crippen molar-refractivity contribution in [3.63, 3.8) is 0 Å². The van der Waals surface area contributed by atoms with Crippen molar-refractivity contribution < 1.29 is 19.1 Å². The normalized spacial score (nSPS) is 14.1. The van der Waals surface area contributed by atoms with E-state index in [1.165, 1.54) is 19.3 Å². The van der Waals surface area contributed by atoms with Crippen LogP contribution in [0.5, 0.6) is 0 Å². The Morgan fingerprint density at radius 2 is 2.24 bits per heavy atom. The van der Waals surface area contributed by atoms with Crippen LogP contribution in [0.2, 0.25) is 0 Å². The van der Waals surface area contributed by atoms with E-state index in [9.17, 15) is 9.59 Å². The molecule has 1 rings (SSSR count). The first-order valence-corrected chi connectivity index (χ1v) is 5.99. The molecule has 1 amide bonds. The number of halogens is 1. The Bertz CT molecular complexity index is 429.